The number of rotatable bonds is 57. The minimum absolute atomic E-state index is 0.0864. The average Bonchev–Trinajstić information content (AvgIpc) is 3.42. The molecule has 0 saturated heterocycles. The van der Waals surface area contributed by atoms with Crippen LogP contribution in [0.1, 0.15) is 297 Å². The lowest BCUT2D eigenvalue weighted by Crippen LogP contribution is -2.30. The molecule has 1 unspecified atom stereocenters. The van der Waals surface area contributed by atoms with Gasteiger partial charge in [0.05, 0.1) is 0 Å². The Labute approximate surface area is 470 Å². The quantitative estimate of drug-likeness (QED) is 0.0261. The molecule has 6 nitrogen and oxygen atoms in total. The van der Waals surface area contributed by atoms with Crippen molar-refractivity contribution in [2.24, 2.45) is 0 Å². The van der Waals surface area contributed by atoms with E-state index in [4.69, 9.17) is 14.2 Å². The molecule has 0 aliphatic rings. The van der Waals surface area contributed by atoms with Crippen molar-refractivity contribution in [1.82, 2.24) is 0 Å². The Morgan fingerprint density at radius 1 is 0.276 bits per heavy atom. The molecule has 0 saturated carbocycles. The summed E-state index contributed by atoms with van der Waals surface area (Å²) < 4.78 is 16.9. The monoisotopic (exact) mass is 1050 g/mol. The molecule has 0 amide bonds. The maximum absolute atomic E-state index is 12.9. The van der Waals surface area contributed by atoms with Gasteiger partial charge in [-0.15, -0.1) is 0 Å². The van der Waals surface area contributed by atoms with E-state index in [-0.39, 0.29) is 31.1 Å². The van der Waals surface area contributed by atoms with Gasteiger partial charge in [0.2, 0.25) is 0 Å². The van der Waals surface area contributed by atoms with Crippen molar-refractivity contribution in [3.05, 3.63) is 109 Å². The second kappa shape index (κ2) is 63.6. The summed E-state index contributed by atoms with van der Waals surface area (Å²) in [5.41, 5.74) is 0. The molecule has 0 bridgehead atoms. The van der Waals surface area contributed by atoms with Crippen molar-refractivity contribution in [1.29, 1.82) is 0 Å². The summed E-state index contributed by atoms with van der Waals surface area (Å²) in [7, 11) is 0. The molecule has 0 aromatic rings. The van der Waals surface area contributed by atoms with E-state index in [1.165, 1.54) is 116 Å². The highest BCUT2D eigenvalue weighted by molar-refractivity contribution is 5.71. The first-order chi connectivity index (χ1) is 37.5. The molecule has 1 atom stereocenters. The van der Waals surface area contributed by atoms with Crippen molar-refractivity contribution in [2.75, 3.05) is 13.2 Å². The van der Waals surface area contributed by atoms with Crippen LogP contribution in [0.2, 0.25) is 0 Å². The Kier molecular flexibility index (Phi) is 60.3. The lowest BCUT2D eigenvalue weighted by molar-refractivity contribution is -0.167. The molecule has 0 spiro atoms. The Morgan fingerprint density at radius 3 is 0.803 bits per heavy atom. The van der Waals surface area contributed by atoms with Crippen molar-refractivity contribution in [2.45, 2.75) is 303 Å². The Balaban J connectivity index is 4.43. The molecule has 0 heterocycles. The van der Waals surface area contributed by atoms with Crippen LogP contribution in [-0.2, 0) is 28.6 Å². The zero-order valence-corrected chi connectivity index (χ0v) is 49.7. The van der Waals surface area contributed by atoms with Gasteiger partial charge in [0, 0.05) is 19.3 Å². The minimum atomic E-state index is -0.793. The molecule has 0 aromatic heterocycles. The lowest BCUT2D eigenvalue weighted by atomic mass is 10.0. The molecule has 0 aromatic carbocycles. The van der Waals surface area contributed by atoms with Gasteiger partial charge in [-0.1, -0.05) is 284 Å². The third-order valence-electron chi connectivity index (χ3n) is 13.5. The highest BCUT2D eigenvalue weighted by atomic mass is 16.6. The summed E-state index contributed by atoms with van der Waals surface area (Å²) in [6.45, 7) is 6.42. The first-order valence-electron chi connectivity index (χ1n) is 31.9. The van der Waals surface area contributed by atoms with Crippen LogP contribution in [-0.4, -0.2) is 37.2 Å². The molecule has 0 aliphatic heterocycles. The fourth-order valence-electron chi connectivity index (χ4n) is 8.81. The molecule has 0 radical (unpaired) electrons. The first kappa shape index (κ1) is 72.1. The Bertz CT molecular complexity index is 1540. The number of esters is 3. The molecule has 0 fully saturated rings. The number of carbonyl (C=O) groups is 3. The predicted octanol–water partition coefficient (Wildman–Crippen LogP) is 21.8. The van der Waals surface area contributed by atoms with E-state index in [2.05, 4.69) is 130 Å². The summed E-state index contributed by atoms with van der Waals surface area (Å²) >= 11 is 0. The van der Waals surface area contributed by atoms with E-state index in [1.807, 2.05) is 0 Å². The number of hydrogen-bond acceptors (Lipinski definition) is 6. The molecule has 6 heteroatoms. The van der Waals surface area contributed by atoms with Gasteiger partial charge in [-0.2, -0.15) is 0 Å². The van der Waals surface area contributed by atoms with Crippen LogP contribution < -0.4 is 0 Å². The molecule has 434 valence electrons. The molecule has 0 rings (SSSR count). The van der Waals surface area contributed by atoms with Gasteiger partial charge in [-0.3, -0.25) is 14.4 Å². The van der Waals surface area contributed by atoms with Crippen molar-refractivity contribution in [3.63, 3.8) is 0 Å². The van der Waals surface area contributed by atoms with Crippen LogP contribution in [0.3, 0.4) is 0 Å². The van der Waals surface area contributed by atoms with Gasteiger partial charge < -0.3 is 14.2 Å². The standard InChI is InChI=1S/C70H118O6/c1-4-7-10-13-16-19-22-25-28-31-33-35-37-39-42-45-48-51-54-57-60-63-69(72)75-66-67(65-74-68(71)62-59-56-53-50-47-44-41-30-27-24-21-18-15-12-9-6-3)76-70(73)64-61-58-55-52-49-46-43-40-38-36-34-32-29-26-23-20-17-14-11-8-5-2/h7-8,10-11,16-17,19-20,25-26,28-29,33-36,39,42,67H,4-6,9,12-15,18,21-24,27,30-32,37-38,40-41,43-66H2,1-3H3/b10-7-,11-8-,19-16-,20-17-,28-25-,29-26-,35-33-,36-34-,42-39-. The van der Waals surface area contributed by atoms with Gasteiger partial charge in [0.25, 0.3) is 0 Å². The van der Waals surface area contributed by atoms with E-state index in [1.54, 1.807) is 0 Å². The number of allylic oxidation sites excluding steroid dienone is 18. The van der Waals surface area contributed by atoms with E-state index in [9.17, 15) is 14.4 Å². The molecular weight excluding hydrogens is 937 g/mol. The zero-order valence-electron chi connectivity index (χ0n) is 49.7. The topological polar surface area (TPSA) is 78.9 Å². The van der Waals surface area contributed by atoms with Crippen molar-refractivity contribution < 1.29 is 28.6 Å². The summed E-state index contributed by atoms with van der Waals surface area (Å²) in [6, 6.07) is 0. The van der Waals surface area contributed by atoms with Gasteiger partial charge in [-0.05, 0) is 103 Å². The highest BCUT2D eigenvalue weighted by Gasteiger charge is 2.19. The minimum Gasteiger partial charge on any atom is -0.462 e. The molecule has 76 heavy (non-hydrogen) atoms. The average molecular weight is 1060 g/mol. The summed E-state index contributed by atoms with van der Waals surface area (Å²) in [4.78, 5) is 38.4. The smallest absolute Gasteiger partial charge is 0.306 e. The Morgan fingerprint density at radius 2 is 0.513 bits per heavy atom. The maximum atomic E-state index is 12.9. The predicted molar refractivity (Wildman–Crippen MR) is 330 cm³/mol. The van der Waals surface area contributed by atoms with Gasteiger partial charge in [0.1, 0.15) is 13.2 Å². The maximum Gasteiger partial charge on any atom is 0.306 e. The van der Waals surface area contributed by atoms with Gasteiger partial charge in [-0.25, -0.2) is 0 Å². The van der Waals surface area contributed by atoms with Gasteiger partial charge in [0.15, 0.2) is 6.10 Å². The fourth-order valence-corrected chi connectivity index (χ4v) is 8.81. The van der Waals surface area contributed by atoms with Crippen LogP contribution in [0, 0.1) is 0 Å². The largest absolute Gasteiger partial charge is 0.462 e. The number of carbonyl (C=O) groups excluding carboxylic acids is 3. The number of unbranched alkanes of at least 4 members (excludes halogenated alkanes) is 28. The number of hydrogen-bond donors (Lipinski definition) is 0. The van der Waals surface area contributed by atoms with E-state index < -0.39 is 6.10 Å². The summed E-state index contributed by atoms with van der Waals surface area (Å²) in [5.74, 6) is -0.904. The van der Waals surface area contributed by atoms with Crippen molar-refractivity contribution >= 4 is 17.9 Å². The lowest BCUT2D eigenvalue weighted by Gasteiger charge is -2.18. The third kappa shape index (κ3) is 60.9. The highest BCUT2D eigenvalue weighted by Crippen LogP contribution is 2.16. The fraction of sp³-hybridized carbons (Fsp3) is 0.700. The second-order valence-electron chi connectivity index (χ2n) is 20.9. The molecule has 0 N–H and O–H groups in total. The first-order valence-corrected chi connectivity index (χ1v) is 31.9. The van der Waals surface area contributed by atoms with E-state index >= 15 is 0 Å². The van der Waals surface area contributed by atoms with E-state index in [0.717, 1.165) is 141 Å². The SMILES string of the molecule is CC/C=C\C/C=C\C/C=C\C/C=C\C/C=C\CCCCCCCC(=O)OCC(COC(=O)CCCCCCCCCCCCCCCCCC)OC(=O)CCCCCCCCCC/C=C\C/C=C\C/C=C\C/C=C\CC. The van der Waals surface area contributed by atoms with Crippen LogP contribution in [0.25, 0.3) is 0 Å². The van der Waals surface area contributed by atoms with Crippen LogP contribution in [0.5, 0.6) is 0 Å². The van der Waals surface area contributed by atoms with Crippen molar-refractivity contribution in [3.8, 4) is 0 Å². The normalized spacial score (nSPS) is 12.8. The van der Waals surface area contributed by atoms with Crippen LogP contribution >= 0.6 is 0 Å². The Hall–Kier alpha value is -3.93. The third-order valence-corrected chi connectivity index (χ3v) is 13.5. The number of ether oxygens (including phenoxy) is 3. The second-order valence-corrected chi connectivity index (χ2v) is 20.9. The summed E-state index contributed by atoms with van der Waals surface area (Å²) in [6.07, 6.45) is 86.5. The molecular formula is C70H118O6. The molecule has 0 aliphatic carbocycles. The summed E-state index contributed by atoms with van der Waals surface area (Å²) in [5, 5.41) is 0. The van der Waals surface area contributed by atoms with Crippen LogP contribution in [0.15, 0.2) is 109 Å². The van der Waals surface area contributed by atoms with E-state index in [0.29, 0.717) is 19.3 Å². The van der Waals surface area contributed by atoms with Gasteiger partial charge >= 0.3 is 17.9 Å². The van der Waals surface area contributed by atoms with Crippen LogP contribution in [0.4, 0.5) is 0 Å². The zero-order chi connectivity index (χ0) is 55.0.